The molecule has 0 spiro atoms. The lowest BCUT2D eigenvalue weighted by Crippen LogP contribution is -1.86. The lowest BCUT2D eigenvalue weighted by atomic mass is 10.0. The van der Waals surface area contributed by atoms with Crippen molar-refractivity contribution in [2.24, 2.45) is 0 Å². The van der Waals surface area contributed by atoms with Crippen molar-refractivity contribution in [1.82, 2.24) is 0 Å². The maximum atomic E-state index is 8.54. The van der Waals surface area contributed by atoms with E-state index in [1.54, 1.807) is 7.11 Å². The van der Waals surface area contributed by atoms with E-state index >= 15 is 0 Å². The molecule has 2 rings (SSSR count). The van der Waals surface area contributed by atoms with Crippen molar-refractivity contribution in [3.63, 3.8) is 0 Å². The van der Waals surface area contributed by atoms with Crippen LogP contribution in [0.15, 0.2) is 42.5 Å². The van der Waals surface area contributed by atoms with Crippen LogP contribution >= 0.6 is 0 Å². The van der Waals surface area contributed by atoms with E-state index in [0.717, 1.165) is 22.1 Å². The molecule has 0 heterocycles. The Morgan fingerprint density at radius 3 is 2.56 bits per heavy atom. The molecule has 0 unspecified atom stereocenters. The van der Waals surface area contributed by atoms with Gasteiger partial charge in [-0.1, -0.05) is 30.3 Å². The number of rotatable bonds is 2. The first kappa shape index (κ1) is 10.3. The Bertz CT molecular complexity index is 579. The summed E-state index contributed by atoms with van der Waals surface area (Å²) in [5, 5.41) is 10.7. The lowest BCUT2D eigenvalue weighted by Gasteiger charge is -2.07. The van der Waals surface area contributed by atoms with Gasteiger partial charge in [0.25, 0.3) is 0 Å². The topological polar surface area (TPSA) is 33.0 Å². The summed E-state index contributed by atoms with van der Waals surface area (Å²) < 4.78 is 5.30. The number of allylic oxidation sites excluding steroid dienone is 1. The van der Waals surface area contributed by atoms with Crippen molar-refractivity contribution in [2.75, 3.05) is 7.11 Å². The summed E-state index contributed by atoms with van der Waals surface area (Å²) in [6.45, 7) is 0. The molecule has 0 atom stereocenters. The predicted molar refractivity (Wildman–Crippen MR) is 65.1 cm³/mol. The predicted octanol–water partition coefficient (Wildman–Crippen LogP) is 3.39. The normalized spacial score (nSPS) is 10.5. The maximum absolute atomic E-state index is 8.54. The number of nitriles is 1. The molecule has 2 nitrogen and oxygen atoms in total. The molecule has 0 fully saturated rings. The van der Waals surface area contributed by atoms with Gasteiger partial charge in [0.15, 0.2) is 0 Å². The molecule has 0 aliphatic carbocycles. The summed E-state index contributed by atoms with van der Waals surface area (Å²) >= 11 is 0. The van der Waals surface area contributed by atoms with Gasteiger partial charge in [0, 0.05) is 11.5 Å². The first-order valence-electron chi connectivity index (χ1n) is 4.98. The summed E-state index contributed by atoms with van der Waals surface area (Å²) in [7, 11) is 1.66. The monoisotopic (exact) mass is 209 g/mol. The Morgan fingerprint density at radius 1 is 1.12 bits per heavy atom. The largest absolute Gasteiger partial charge is 0.496 e. The summed E-state index contributed by atoms with van der Waals surface area (Å²) in [6.07, 6.45) is 3.29. The van der Waals surface area contributed by atoms with Gasteiger partial charge in [-0.2, -0.15) is 5.26 Å². The Kier molecular flexibility index (Phi) is 2.88. The number of benzene rings is 2. The second kappa shape index (κ2) is 4.50. The lowest BCUT2D eigenvalue weighted by molar-refractivity contribution is 0.420. The number of hydrogen-bond donors (Lipinski definition) is 0. The third-order valence-corrected chi connectivity index (χ3v) is 2.48. The first-order chi connectivity index (χ1) is 7.86. The minimum absolute atomic E-state index is 0.852. The van der Waals surface area contributed by atoms with Gasteiger partial charge in [-0.3, -0.25) is 0 Å². The van der Waals surface area contributed by atoms with Gasteiger partial charge in [0.1, 0.15) is 5.75 Å². The molecule has 0 saturated heterocycles. The first-order valence-corrected chi connectivity index (χ1v) is 4.98. The zero-order chi connectivity index (χ0) is 11.4. The van der Waals surface area contributed by atoms with Crippen molar-refractivity contribution in [1.29, 1.82) is 5.26 Å². The number of nitrogens with zero attached hydrogens (tertiary/aromatic N) is 1. The summed E-state index contributed by atoms with van der Waals surface area (Å²) in [6, 6.07) is 13.9. The minimum atomic E-state index is 0.852. The van der Waals surface area contributed by atoms with E-state index in [-0.39, 0.29) is 0 Å². The SMILES string of the molecule is COc1ccc(C=CC#N)c2ccccc12. The number of ether oxygens (including phenoxy) is 1. The second-order valence-electron chi connectivity index (χ2n) is 3.37. The standard InChI is InChI=1S/C14H11NO/c1-16-14-9-8-11(5-4-10-15)12-6-2-3-7-13(12)14/h2-9H,1H3. The van der Waals surface area contributed by atoms with Gasteiger partial charge in [0.2, 0.25) is 0 Å². The molecule has 0 aliphatic heterocycles. The van der Waals surface area contributed by atoms with Crippen LogP contribution in [0.5, 0.6) is 5.75 Å². The van der Waals surface area contributed by atoms with Crippen LogP contribution in [-0.4, -0.2) is 7.11 Å². The van der Waals surface area contributed by atoms with Crippen molar-refractivity contribution in [3.05, 3.63) is 48.0 Å². The van der Waals surface area contributed by atoms with Crippen LogP contribution in [0.25, 0.3) is 16.8 Å². The Balaban J connectivity index is 2.70. The third kappa shape index (κ3) is 1.76. The minimum Gasteiger partial charge on any atom is -0.496 e. The molecule has 0 amide bonds. The second-order valence-corrected chi connectivity index (χ2v) is 3.37. The third-order valence-electron chi connectivity index (χ3n) is 2.48. The summed E-state index contributed by atoms with van der Waals surface area (Å²) in [4.78, 5) is 0. The van der Waals surface area contributed by atoms with Crippen LogP contribution in [-0.2, 0) is 0 Å². The zero-order valence-electron chi connectivity index (χ0n) is 8.97. The molecule has 2 aromatic carbocycles. The average Bonchev–Trinajstić information content (AvgIpc) is 2.36. The highest BCUT2D eigenvalue weighted by molar-refractivity contribution is 5.95. The van der Waals surface area contributed by atoms with E-state index in [9.17, 15) is 0 Å². The Morgan fingerprint density at radius 2 is 1.88 bits per heavy atom. The van der Waals surface area contributed by atoms with Crippen molar-refractivity contribution in [3.8, 4) is 11.8 Å². The van der Waals surface area contributed by atoms with Gasteiger partial charge in [-0.15, -0.1) is 0 Å². The van der Waals surface area contributed by atoms with Crippen molar-refractivity contribution in [2.45, 2.75) is 0 Å². The van der Waals surface area contributed by atoms with Crippen LogP contribution in [0.4, 0.5) is 0 Å². The molecule has 0 bridgehead atoms. The van der Waals surface area contributed by atoms with E-state index < -0.39 is 0 Å². The highest BCUT2D eigenvalue weighted by Gasteiger charge is 2.03. The molecular weight excluding hydrogens is 198 g/mol. The van der Waals surface area contributed by atoms with Gasteiger partial charge in [-0.25, -0.2) is 0 Å². The molecule has 78 valence electrons. The van der Waals surface area contributed by atoms with E-state index in [2.05, 4.69) is 0 Å². The fourth-order valence-corrected chi connectivity index (χ4v) is 1.75. The molecule has 0 N–H and O–H groups in total. The van der Waals surface area contributed by atoms with E-state index in [1.165, 1.54) is 6.08 Å². The number of fused-ring (bicyclic) bond motifs is 1. The highest BCUT2D eigenvalue weighted by Crippen LogP contribution is 2.28. The van der Waals surface area contributed by atoms with Crippen molar-refractivity contribution >= 4 is 16.8 Å². The van der Waals surface area contributed by atoms with E-state index in [4.69, 9.17) is 10.00 Å². The molecule has 0 radical (unpaired) electrons. The highest BCUT2D eigenvalue weighted by atomic mass is 16.5. The molecule has 2 heteroatoms. The zero-order valence-corrected chi connectivity index (χ0v) is 8.97. The fourth-order valence-electron chi connectivity index (χ4n) is 1.75. The average molecular weight is 209 g/mol. The van der Waals surface area contributed by atoms with Crippen LogP contribution in [0.2, 0.25) is 0 Å². The van der Waals surface area contributed by atoms with Gasteiger partial charge < -0.3 is 4.74 Å². The van der Waals surface area contributed by atoms with Gasteiger partial charge >= 0.3 is 0 Å². The van der Waals surface area contributed by atoms with Gasteiger partial charge in [-0.05, 0) is 23.1 Å². The maximum Gasteiger partial charge on any atom is 0.126 e. The van der Waals surface area contributed by atoms with Crippen LogP contribution in [0, 0.1) is 11.3 Å². The van der Waals surface area contributed by atoms with Crippen LogP contribution < -0.4 is 4.74 Å². The van der Waals surface area contributed by atoms with E-state index in [0.29, 0.717) is 0 Å². The fraction of sp³-hybridized carbons (Fsp3) is 0.0714. The molecular formula is C14H11NO. The summed E-state index contributed by atoms with van der Waals surface area (Å²) in [5.41, 5.74) is 1.03. The smallest absolute Gasteiger partial charge is 0.126 e. The molecule has 2 aromatic rings. The molecule has 0 aromatic heterocycles. The van der Waals surface area contributed by atoms with Crippen molar-refractivity contribution < 1.29 is 4.74 Å². The number of hydrogen-bond acceptors (Lipinski definition) is 2. The molecule has 0 aliphatic rings. The quantitative estimate of drug-likeness (QED) is 0.710. The Hall–Kier alpha value is -2.27. The van der Waals surface area contributed by atoms with Crippen LogP contribution in [0.1, 0.15) is 5.56 Å². The van der Waals surface area contributed by atoms with Crippen LogP contribution in [0.3, 0.4) is 0 Å². The molecule has 16 heavy (non-hydrogen) atoms. The Labute approximate surface area is 94.4 Å². The van der Waals surface area contributed by atoms with E-state index in [1.807, 2.05) is 48.5 Å². The number of methoxy groups -OCH3 is 1. The molecule has 0 saturated carbocycles. The summed E-state index contributed by atoms with van der Waals surface area (Å²) in [5.74, 6) is 0.852. The van der Waals surface area contributed by atoms with Gasteiger partial charge in [0.05, 0.1) is 13.2 Å².